The number of benzene rings is 1. The van der Waals surface area contributed by atoms with Gasteiger partial charge in [0.2, 0.25) is 5.91 Å². The summed E-state index contributed by atoms with van der Waals surface area (Å²) in [6.45, 7) is 6.86. The van der Waals surface area contributed by atoms with Crippen molar-refractivity contribution < 1.29 is 9.53 Å². The molecule has 1 unspecified atom stereocenters. The fourth-order valence-corrected chi connectivity index (χ4v) is 1.66. The molecule has 1 aromatic rings. The molecule has 0 aliphatic carbocycles. The molecule has 1 atom stereocenters. The third-order valence-electron chi connectivity index (χ3n) is 3.15. The van der Waals surface area contributed by atoms with Crippen molar-refractivity contribution in [1.82, 2.24) is 0 Å². The van der Waals surface area contributed by atoms with Gasteiger partial charge in [0, 0.05) is 18.7 Å². The molecule has 0 spiro atoms. The third-order valence-corrected chi connectivity index (χ3v) is 3.49. The van der Waals surface area contributed by atoms with E-state index in [0.717, 1.165) is 0 Å². The highest BCUT2D eigenvalue weighted by molar-refractivity contribution is 6.33. The molecular weight excluding hydrogens is 276 g/mol. The van der Waals surface area contributed by atoms with Crippen LogP contribution in [-0.4, -0.2) is 18.6 Å². The topological polar surface area (TPSA) is 64.3 Å². The summed E-state index contributed by atoms with van der Waals surface area (Å²) in [5.74, 6) is 0.438. The van der Waals surface area contributed by atoms with Gasteiger partial charge in [0.25, 0.3) is 0 Å². The van der Waals surface area contributed by atoms with Gasteiger partial charge in [-0.25, -0.2) is 0 Å². The van der Waals surface area contributed by atoms with Crippen LogP contribution in [0.1, 0.15) is 33.6 Å². The van der Waals surface area contributed by atoms with Crippen LogP contribution in [0, 0.1) is 5.92 Å². The molecule has 0 saturated heterocycles. The van der Waals surface area contributed by atoms with Gasteiger partial charge >= 0.3 is 0 Å². The summed E-state index contributed by atoms with van der Waals surface area (Å²) in [5.41, 5.74) is 6.79. The number of amides is 1. The summed E-state index contributed by atoms with van der Waals surface area (Å²) in [6, 6.07) is 5.05. The lowest BCUT2D eigenvalue weighted by Crippen LogP contribution is -2.17. The Morgan fingerprint density at radius 2 is 2.10 bits per heavy atom. The van der Waals surface area contributed by atoms with Gasteiger partial charge in [0.05, 0.1) is 16.8 Å². The number of halogens is 1. The molecule has 0 aromatic heterocycles. The minimum atomic E-state index is -0.0486. The minimum absolute atomic E-state index is 0.0486. The Kier molecular flexibility index (Phi) is 6.82. The van der Waals surface area contributed by atoms with Crippen LogP contribution >= 0.6 is 11.6 Å². The Balaban J connectivity index is 2.28. The molecular formula is C15H23ClN2O2. The molecule has 0 aliphatic rings. The number of carbonyl (C=O) groups is 1. The molecule has 5 heteroatoms. The van der Waals surface area contributed by atoms with Crippen LogP contribution in [0.3, 0.4) is 0 Å². The molecule has 0 heterocycles. The molecule has 0 saturated carbocycles. The number of rotatable bonds is 7. The van der Waals surface area contributed by atoms with Crippen molar-refractivity contribution in [2.75, 3.05) is 17.7 Å². The molecule has 1 rings (SSSR count). The number of hydrogen-bond acceptors (Lipinski definition) is 3. The van der Waals surface area contributed by atoms with Crippen LogP contribution in [-0.2, 0) is 9.53 Å². The Bertz CT molecular complexity index is 449. The molecule has 1 amide bonds. The second kappa shape index (κ2) is 8.12. The summed E-state index contributed by atoms with van der Waals surface area (Å²) < 4.78 is 5.62. The quantitative estimate of drug-likeness (QED) is 0.596. The summed E-state index contributed by atoms with van der Waals surface area (Å²) >= 11 is 5.82. The van der Waals surface area contributed by atoms with E-state index in [-0.39, 0.29) is 12.0 Å². The molecule has 0 aliphatic heterocycles. The van der Waals surface area contributed by atoms with Gasteiger partial charge in [0.1, 0.15) is 0 Å². The van der Waals surface area contributed by atoms with Crippen molar-refractivity contribution >= 4 is 28.9 Å². The lowest BCUT2D eigenvalue weighted by molar-refractivity contribution is -0.116. The maximum Gasteiger partial charge on any atom is 0.224 e. The largest absolute Gasteiger partial charge is 0.397 e. The van der Waals surface area contributed by atoms with Crippen molar-refractivity contribution in [1.29, 1.82) is 0 Å². The molecule has 1 aromatic carbocycles. The Morgan fingerprint density at radius 1 is 1.40 bits per heavy atom. The Morgan fingerprint density at radius 3 is 2.70 bits per heavy atom. The standard InChI is InChI=1S/C15H23ClN2O2/c1-10(2)11(3)20-8-4-5-15(19)18-12-6-7-13(16)14(17)9-12/h6-7,9-11H,4-5,8,17H2,1-3H3,(H,18,19). The van der Waals surface area contributed by atoms with Crippen molar-refractivity contribution in [3.63, 3.8) is 0 Å². The van der Waals surface area contributed by atoms with Gasteiger partial charge < -0.3 is 15.8 Å². The second-order valence-electron chi connectivity index (χ2n) is 5.21. The van der Waals surface area contributed by atoms with E-state index < -0.39 is 0 Å². The number of anilines is 2. The molecule has 0 radical (unpaired) electrons. The van der Waals surface area contributed by atoms with Gasteiger partial charge in [-0.05, 0) is 37.5 Å². The highest BCUT2D eigenvalue weighted by Gasteiger charge is 2.08. The van der Waals surface area contributed by atoms with Crippen LogP contribution in [0.4, 0.5) is 11.4 Å². The van der Waals surface area contributed by atoms with E-state index in [1.807, 2.05) is 6.92 Å². The van der Waals surface area contributed by atoms with Crippen molar-refractivity contribution in [2.45, 2.75) is 39.7 Å². The first-order chi connectivity index (χ1) is 9.40. The number of nitrogens with one attached hydrogen (secondary N) is 1. The van der Waals surface area contributed by atoms with E-state index in [2.05, 4.69) is 19.2 Å². The molecule has 3 N–H and O–H groups in total. The van der Waals surface area contributed by atoms with Crippen LogP contribution in [0.15, 0.2) is 18.2 Å². The normalized spacial score (nSPS) is 12.4. The lowest BCUT2D eigenvalue weighted by atomic mass is 10.1. The average Bonchev–Trinajstić information content (AvgIpc) is 2.38. The van der Waals surface area contributed by atoms with E-state index >= 15 is 0 Å². The number of nitrogen functional groups attached to an aromatic ring is 1. The molecule has 0 bridgehead atoms. The maximum absolute atomic E-state index is 11.7. The van der Waals surface area contributed by atoms with Crippen molar-refractivity contribution in [3.8, 4) is 0 Å². The van der Waals surface area contributed by atoms with Crippen LogP contribution in [0.2, 0.25) is 5.02 Å². The highest BCUT2D eigenvalue weighted by Crippen LogP contribution is 2.22. The minimum Gasteiger partial charge on any atom is -0.397 e. The highest BCUT2D eigenvalue weighted by atomic mass is 35.5. The summed E-state index contributed by atoms with van der Waals surface area (Å²) in [6.07, 6.45) is 1.34. The second-order valence-corrected chi connectivity index (χ2v) is 5.62. The predicted octanol–water partition coefficient (Wildman–Crippen LogP) is 3.70. The van der Waals surface area contributed by atoms with E-state index in [0.29, 0.717) is 41.8 Å². The fraction of sp³-hybridized carbons (Fsp3) is 0.533. The molecule has 20 heavy (non-hydrogen) atoms. The molecule has 112 valence electrons. The Labute approximate surface area is 125 Å². The average molecular weight is 299 g/mol. The van der Waals surface area contributed by atoms with E-state index in [1.54, 1.807) is 18.2 Å². The SMILES string of the molecule is CC(C)C(C)OCCCC(=O)Nc1ccc(Cl)c(N)c1. The smallest absolute Gasteiger partial charge is 0.224 e. The number of nitrogens with two attached hydrogens (primary N) is 1. The number of hydrogen-bond donors (Lipinski definition) is 2. The molecule has 0 fully saturated rings. The summed E-state index contributed by atoms with van der Waals surface area (Å²) in [5, 5.41) is 3.27. The van der Waals surface area contributed by atoms with Crippen LogP contribution in [0.25, 0.3) is 0 Å². The van der Waals surface area contributed by atoms with Gasteiger partial charge in [-0.1, -0.05) is 25.4 Å². The van der Waals surface area contributed by atoms with Crippen LogP contribution in [0.5, 0.6) is 0 Å². The van der Waals surface area contributed by atoms with Gasteiger partial charge in [-0.3, -0.25) is 4.79 Å². The summed E-state index contributed by atoms with van der Waals surface area (Å²) in [4.78, 5) is 11.7. The van der Waals surface area contributed by atoms with Crippen molar-refractivity contribution in [3.05, 3.63) is 23.2 Å². The Hall–Kier alpha value is -1.26. The zero-order chi connectivity index (χ0) is 15.1. The lowest BCUT2D eigenvalue weighted by Gasteiger charge is -2.16. The fourth-order valence-electron chi connectivity index (χ4n) is 1.54. The number of ether oxygens (including phenoxy) is 1. The van der Waals surface area contributed by atoms with Crippen molar-refractivity contribution in [2.24, 2.45) is 5.92 Å². The van der Waals surface area contributed by atoms with Crippen LogP contribution < -0.4 is 11.1 Å². The van der Waals surface area contributed by atoms with Gasteiger partial charge in [0.15, 0.2) is 0 Å². The zero-order valence-electron chi connectivity index (χ0n) is 12.3. The van der Waals surface area contributed by atoms with Gasteiger partial charge in [-0.2, -0.15) is 0 Å². The maximum atomic E-state index is 11.7. The van der Waals surface area contributed by atoms with E-state index in [4.69, 9.17) is 22.1 Å². The first kappa shape index (κ1) is 16.8. The predicted molar refractivity (Wildman–Crippen MR) is 84.0 cm³/mol. The number of carbonyl (C=O) groups excluding carboxylic acids is 1. The zero-order valence-corrected chi connectivity index (χ0v) is 13.0. The van der Waals surface area contributed by atoms with E-state index in [9.17, 15) is 4.79 Å². The third kappa shape index (κ3) is 5.80. The molecule has 4 nitrogen and oxygen atoms in total. The monoisotopic (exact) mass is 298 g/mol. The first-order valence-electron chi connectivity index (χ1n) is 6.86. The van der Waals surface area contributed by atoms with Gasteiger partial charge in [-0.15, -0.1) is 0 Å². The van der Waals surface area contributed by atoms with E-state index in [1.165, 1.54) is 0 Å². The summed E-state index contributed by atoms with van der Waals surface area (Å²) in [7, 11) is 0. The first-order valence-corrected chi connectivity index (χ1v) is 7.24.